The van der Waals surface area contributed by atoms with Gasteiger partial charge < -0.3 is 10.1 Å². The first-order valence-corrected chi connectivity index (χ1v) is 10.5. The third-order valence-corrected chi connectivity index (χ3v) is 5.59. The second-order valence-corrected chi connectivity index (χ2v) is 8.41. The Morgan fingerprint density at radius 3 is 2.37 bits per heavy atom. The molecule has 7 nitrogen and oxygen atoms in total. The number of anilines is 1. The van der Waals surface area contributed by atoms with Crippen LogP contribution in [0.25, 0.3) is 0 Å². The number of nitrogens with two attached hydrogens (primary N) is 1. The molecule has 2 rings (SSSR count). The van der Waals surface area contributed by atoms with Crippen LogP contribution in [0.2, 0.25) is 0 Å². The number of hydrogen-bond donors (Lipinski definition) is 2. The molecular formula is C18H20N2O5S2. The molecule has 0 unspecified atom stereocenters. The number of sulfonamides is 1. The lowest BCUT2D eigenvalue weighted by Gasteiger charge is -2.08. The number of rotatable bonds is 7. The fourth-order valence-corrected chi connectivity index (χ4v) is 3.53. The van der Waals surface area contributed by atoms with Gasteiger partial charge in [-0.3, -0.25) is 9.59 Å². The van der Waals surface area contributed by atoms with Gasteiger partial charge in [0.25, 0.3) is 5.91 Å². The summed E-state index contributed by atoms with van der Waals surface area (Å²) in [7, 11) is -3.79. The van der Waals surface area contributed by atoms with Crippen LogP contribution in [0.5, 0.6) is 0 Å². The highest BCUT2D eigenvalue weighted by atomic mass is 32.2. The van der Waals surface area contributed by atoms with Gasteiger partial charge >= 0.3 is 5.97 Å². The summed E-state index contributed by atoms with van der Waals surface area (Å²) in [5, 5.41) is 7.51. The number of carbonyl (C=O) groups excluding carboxylic acids is 2. The van der Waals surface area contributed by atoms with Crippen molar-refractivity contribution < 1.29 is 22.7 Å². The lowest BCUT2D eigenvalue weighted by molar-refractivity contribution is -0.144. The van der Waals surface area contributed by atoms with Crippen molar-refractivity contribution in [2.75, 3.05) is 17.7 Å². The zero-order valence-corrected chi connectivity index (χ0v) is 16.5. The van der Waals surface area contributed by atoms with Gasteiger partial charge in [0, 0.05) is 10.6 Å². The van der Waals surface area contributed by atoms with E-state index in [1.54, 1.807) is 0 Å². The molecule has 9 heteroatoms. The largest absolute Gasteiger partial charge is 0.455 e. The van der Waals surface area contributed by atoms with E-state index in [4.69, 9.17) is 9.88 Å². The first-order chi connectivity index (χ1) is 12.6. The smallest absolute Gasteiger partial charge is 0.316 e. The summed E-state index contributed by atoms with van der Waals surface area (Å²) < 4.78 is 27.3. The number of benzene rings is 2. The van der Waals surface area contributed by atoms with Crippen molar-refractivity contribution in [3.05, 3.63) is 53.6 Å². The molecule has 0 radical (unpaired) electrons. The molecule has 0 bridgehead atoms. The maximum Gasteiger partial charge on any atom is 0.316 e. The molecule has 2 aromatic carbocycles. The monoisotopic (exact) mass is 408 g/mol. The predicted molar refractivity (Wildman–Crippen MR) is 104 cm³/mol. The van der Waals surface area contributed by atoms with Gasteiger partial charge in [0.1, 0.15) is 0 Å². The zero-order valence-electron chi connectivity index (χ0n) is 14.9. The summed E-state index contributed by atoms with van der Waals surface area (Å²) in [5.41, 5.74) is 2.59. The molecule has 0 saturated heterocycles. The van der Waals surface area contributed by atoms with Crippen LogP contribution in [0.1, 0.15) is 11.1 Å². The molecule has 0 aromatic heterocycles. The normalized spacial score (nSPS) is 11.1. The topological polar surface area (TPSA) is 116 Å². The number of aryl methyl sites for hydroxylation is 2. The summed E-state index contributed by atoms with van der Waals surface area (Å²) in [6, 6.07) is 11.3. The SMILES string of the molecule is Cc1ccc(SCC(=O)OCC(=O)Nc2ccc(S(N)(=O)=O)cc2)c(C)c1. The second kappa shape index (κ2) is 9.03. The number of nitrogens with one attached hydrogen (secondary N) is 1. The molecule has 0 aliphatic heterocycles. The maximum absolute atomic E-state index is 11.8. The van der Waals surface area contributed by atoms with Crippen molar-refractivity contribution in [2.24, 2.45) is 5.14 Å². The number of primary sulfonamides is 1. The van der Waals surface area contributed by atoms with Gasteiger partial charge in [-0.25, -0.2) is 13.6 Å². The number of thioether (sulfide) groups is 1. The molecule has 0 spiro atoms. The van der Waals surface area contributed by atoms with Crippen LogP contribution in [-0.2, 0) is 24.3 Å². The zero-order chi connectivity index (χ0) is 20.0. The Kier molecular flexibility index (Phi) is 7.00. The lowest BCUT2D eigenvalue weighted by atomic mass is 10.2. The molecule has 0 saturated carbocycles. The van der Waals surface area contributed by atoms with Crippen LogP contribution in [0, 0.1) is 13.8 Å². The van der Waals surface area contributed by atoms with E-state index in [2.05, 4.69) is 5.32 Å². The van der Waals surface area contributed by atoms with Crippen molar-refractivity contribution in [1.29, 1.82) is 0 Å². The molecule has 0 atom stereocenters. The van der Waals surface area contributed by atoms with Gasteiger partial charge in [-0.15, -0.1) is 11.8 Å². The molecule has 144 valence electrons. The van der Waals surface area contributed by atoms with Gasteiger partial charge in [-0.05, 0) is 49.7 Å². The van der Waals surface area contributed by atoms with E-state index in [-0.39, 0.29) is 10.6 Å². The first-order valence-electron chi connectivity index (χ1n) is 7.93. The van der Waals surface area contributed by atoms with Gasteiger partial charge in [-0.1, -0.05) is 17.7 Å². The highest BCUT2D eigenvalue weighted by Gasteiger charge is 2.11. The average molecular weight is 409 g/mol. The Morgan fingerprint density at radius 1 is 1.11 bits per heavy atom. The molecule has 0 aliphatic carbocycles. The molecular weight excluding hydrogens is 388 g/mol. The molecule has 0 heterocycles. The fraction of sp³-hybridized carbons (Fsp3) is 0.222. The third-order valence-electron chi connectivity index (χ3n) is 3.51. The number of hydrogen-bond acceptors (Lipinski definition) is 6. The Morgan fingerprint density at radius 2 is 1.78 bits per heavy atom. The van der Waals surface area contributed by atoms with E-state index in [1.807, 2.05) is 32.0 Å². The Hall–Kier alpha value is -2.36. The number of amides is 1. The number of carbonyl (C=O) groups is 2. The van der Waals surface area contributed by atoms with E-state index in [0.717, 1.165) is 16.0 Å². The maximum atomic E-state index is 11.8. The molecule has 27 heavy (non-hydrogen) atoms. The average Bonchev–Trinajstić information content (AvgIpc) is 2.59. The van der Waals surface area contributed by atoms with E-state index >= 15 is 0 Å². The van der Waals surface area contributed by atoms with Gasteiger partial charge in [0.05, 0.1) is 10.6 Å². The quantitative estimate of drug-likeness (QED) is 0.536. The number of esters is 1. The van der Waals surface area contributed by atoms with Crippen molar-refractivity contribution in [3.63, 3.8) is 0 Å². The molecule has 2 aromatic rings. The van der Waals surface area contributed by atoms with E-state index in [9.17, 15) is 18.0 Å². The van der Waals surface area contributed by atoms with Crippen LogP contribution < -0.4 is 10.5 Å². The van der Waals surface area contributed by atoms with Gasteiger partial charge in [0.2, 0.25) is 10.0 Å². The summed E-state index contributed by atoms with van der Waals surface area (Å²) in [6.07, 6.45) is 0. The minimum absolute atomic E-state index is 0.0599. The van der Waals surface area contributed by atoms with Crippen molar-refractivity contribution in [3.8, 4) is 0 Å². The highest BCUT2D eigenvalue weighted by Crippen LogP contribution is 2.23. The van der Waals surface area contributed by atoms with Crippen LogP contribution in [-0.4, -0.2) is 32.7 Å². The van der Waals surface area contributed by atoms with E-state index in [1.165, 1.54) is 36.0 Å². The van der Waals surface area contributed by atoms with Crippen LogP contribution in [0.3, 0.4) is 0 Å². The van der Waals surface area contributed by atoms with Crippen LogP contribution >= 0.6 is 11.8 Å². The highest BCUT2D eigenvalue weighted by molar-refractivity contribution is 8.00. The summed E-state index contributed by atoms with van der Waals surface area (Å²) in [5.74, 6) is -0.928. The van der Waals surface area contributed by atoms with Crippen molar-refractivity contribution >= 4 is 39.3 Å². The van der Waals surface area contributed by atoms with Gasteiger partial charge in [-0.2, -0.15) is 0 Å². The Balaban J connectivity index is 1.78. The minimum atomic E-state index is -3.79. The predicted octanol–water partition coefficient (Wildman–Crippen LogP) is 2.22. The molecule has 1 amide bonds. The van der Waals surface area contributed by atoms with E-state index in [0.29, 0.717) is 5.69 Å². The fourth-order valence-electron chi connectivity index (χ4n) is 2.21. The van der Waals surface area contributed by atoms with E-state index < -0.39 is 28.5 Å². The third kappa shape index (κ3) is 6.70. The summed E-state index contributed by atoms with van der Waals surface area (Å²) in [4.78, 5) is 24.6. The van der Waals surface area contributed by atoms with Crippen molar-refractivity contribution in [2.45, 2.75) is 23.6 Å². The Labute approximate surface area is 162 Å². The lowest BCUT2D eigenvalue weighted by Crippen LogP contribution is -2.21. The first kappa shape index (κ1) is 20.9. The molecule has 0 fully saturated rings. The number of ether oxygens (including phenoxy) is 1. The Bertz CT molecular complexity index is 941. The standard InChI is InChI=1S/C18H20N2O5S2/c1-12-3-8-16(13(2)9-12)26-11-18(22)25-10-17(21)20-14-4-6-15(7-5-14)27(19,23)24/h3-9H,10-11H2,1-2H3,(H,20,21)(H2,19,23,24). The summed E-state index contributed by atoms with van der Waals surface area (Å²) in [6.45, 7) is 3.54. The van der Waals surface area contributed by atoms with Gasteiger partial charge in [0.15, 0.2) is 6.61 Å². The van der Waals surface area contributed by atoms with Crippen LogP contribution in [0.15, 0.2) is 52.3 Å². The minimum Gasteiger partial charge on any atom is -0.455 e. The molecule has 3 N–H and O–H groups in total. The second-order valence-electron chi connectivity index (χ2n) is 5.84. The van der Waals surface area contributed by atoms with Crippen LogP contribution in [0.4, 0.5) is 5.69 Å². The van der Waals surface area contributed by atoms with Crippen molar-refractivity contribution in [1.82, 2.24) is 0 Å². The molecule has 0 aliphatic rings. The summed E-state index contributed by atoms with van der Waals surface area (Å²) >= 11 is 1.35.